The third-order valence-corrected chi connectivity index (χ3v) is 3.09. The first-order chi connectivity index (χ1) is 9.63. The molecule has 106 valence electrons. The molecule has 2 nitrogen and oxygen atoms in total. The number of rotatable bonds is 5. The molecule has 0 aliphatic heterocycles. The van der Waals surface area contributed by atoms with Gasteiger partial charge in [0.2, 0.25) is 0 Å². The van der Waals surface area contributed by atoms with Gasteiger partial charge in [-0.1, -0.05) is 30.3 Å². The van der Waals surface area contributed by atoms with Gasteiger partial charge in [0, 0.05) is 11.6 Å². The second-order valence-electron chi connectivity index (χ2n) is 4.49. The number of nitrogens with two attached hydrogens (primary N) is 1. The third kappa shape index (κ3) is 3.14. The molecule has 0 spiro atoms. The van der Waals surface area contributed by atoms with Crippen molar-refractivity contribution < 1.29 is 13.5 Å². The summed E-state index contributed by atoms with van der Waals surface area (Å²) in [5, 5.41) is 0. The van der Waals surface area contributed by atoms with Crippen LogP contribution < -0.4 is 10.5 Å². The van der Waals surface area contributed by atoms with Crippen molar-refractivity contribution in [1.82, 2.24) is 0 Å². The molecule has 0 saturated carbocycles. The zero-order valence-electron chi connectivity index (χ0n) is 11.3. The first kappa shape index (κ1) is 14.5. The Morgan fingerprint density at radius 2 is 1.85 bits per heavy atom. The predicted octanol–water partition coefficient (Wildman–Crippen LogP) is 3.61. The van der Waals surface area contributed by atoms with E-state index >= 15 is 0 Å². The largest absolute Gasteiger partial charge is 0.494 e. The van der Waals surface area contributed by atoms with Crippen molar-refractivity contribution in [2.24, 2.45) is 5.73 Å². The monoisotopic (exact) mass is 277 g/mol. The van der Waals surface area contributed by atoms with Gasteiger partial charge in [-0.05, 0) is 31.0 Å². The van der Waals surface area contributed by atoms with E-state index in [0.29, 0.717) is 12.4 Å². The van der Waals surface area contributed by atoms with Crippen LogP contribution in [0.3, 0.4) is 0 Å². The molecule has 2 aromatic rings. The molecule has 1 atom stereocenters. The minimum Gasteiger partial charge on any atom is -0.494 e. The summed E-state index contributed by atoms with van der Waals surface area (Å²) in [7, 11) is 0. The molecule has 4 heteroatoms. The molecule has 2 aromatic carbocycles. The summed E-state index contributed by atoms with van der Waals surface area (Å²) in [6, 6.07) is 11.0. The molecule has 2 rings (SSSR count). The molecule has 0 amide bonds. The first-order valence-electron chi connectivity index (χ1n) is 6.53. The minimum absolute atomic E-state index is 0.216. The molecule has 0 fully saturated rings. The van der Waals surface area contributed by atoms with Crippen LogP contribution in [0.5, 0.6) is 5.75 Å². The molecule has 0 radical (unpaired) electrons. The molecule has 0 heterocycles. The SMILES string of the molecule is CCOc1ccccc1C(N)Cc1cccc(F)c1F. The summed E-state index contributed by atoms with van der Waals surface area (Å²) in [4.78, 5) is 0. The van der Waals surface area contributed by atoms with Gasteiger partial charge < -0.3 is 10.5 Å². The van der Waals surface area contributed by atoms with Gasteiger partial charge >= 0.3 is 0 Å². The molecule has 0 aliphatic carbocycles. The molecule has 0 bridgehead atoms. The smallest absolute Gasteiger partial charge is 0.162 e. The molecular formula is C16H17F2NO. The van der Waals surface area contributed by atoms with E-state index < -0.39 is 17.7 Å². The number of benzene rings is 2. The minimum atomic E-state index is -0.854. The topological polar surface area (TPSA) is 35.2 Å². The van der Waals surface area contributed by atoms with Crippen molar-refractivity contribution in [3.8, 4) is 5.75 Å². The number of hydrogen-bond acceptors (Lipinski definition) is 2. The van der Waals surface area contributed by atoms with Crippen LogP contribution in [0.25, 0.3) is 0 Å². The van der Waals surface area contributed by atoms with Crippen LogP contribution >= 0.6 is 0 Å². The van der Waals surface area contributed by atoms with Crippen LogP contribution in [0.2, 0.25) is 0 Å². The van der Waals surface area contributed by atoms with Gasteiger partial charge in [-0.2, -0.15) is 0 Å². The van der Waals surface area contributed by atoms with Gasteiger partial charge in [0.15, 0.2) is 11.6 Å². The Morgan fingerprint density at radius 1 is 1.10 bits per heavy atom. The maximum Gasteiger partial charge on any atom is 0.162 e. The number of hydrogen-bond donors (Lipinski definition) is 1. The second kappa shape index (κ2) is 6.48. The van der Waals surface area contributed by atoms with Crippen LogP contribution in [-0.2, 0) is 6.42 Å². The van der Waals surface area contributed by atoms with Crippen molar-refractivity contribution in [2.45, 2.75) is 19.4 Å². The number of halogens is 2. The maximum absolute atomic E-state index is 13.7. The Kier molecular flexibility index (Phi) is 4.69. The average molecular weight is 277 g/mol. The Hall–Kier alpha value is -1.94. The maximum atomic E-state index is 13.7. The quantitative estimate of drug-likeness (QED) is 0.906. The summed E-state index contributed by atoms with van der Waals surface area (Å²) < 4.78 is 32.4. The lowest BCUT2D eigenvalue weighted by molar-refractivity contribution is 0.334. The molecule has 1 unspecified atom stereocenters. The van der Waals surface area contributed by atoms with Crippen LogP contribution in [0, 0.1) is 11.6 Å². The van der Waals surface area contributed by atoms with Crippen molar-refractivity contribution in [1.29, 1.82) is 0 Å². The van der Waals surface area contributed by atoms with Crippen molar-refractivity contribution in [3.63, 3.8) is 0 Å². The summed E-state index contributed by atoms with van der Waals surface area (Å²) in [5.41, 5.74) is 7.17. The van der Waals surface area contributed by atoms with Crippen LogP contribution in [-0.4, -0.2) is 6.61 Å². The lowest BCUT2D eigenvalue weighted by Crippen LogP contribution is -2.16. The Morgan fingerprint density at radius 3 is 2.60 bits per heavy atom. The van der Waals surface area contributed by atoms with E-state index in [2.05, 4.69) is 0 Å². The Labute approximate surface area is 117 Å². The van der Waals surface area contributed by atoms with Crippen molar-refractivity contribution in [3.05, 3.63) is 65.2 Å². The van der Waals surface area contributed by atoms with E-state index in [4.69, 9.17) is 10.5 Å². The van der Waals surface area contributed by atoms with Crippen LogP contribution in [0.4, 0.5) is 8.78 Å². The van der Waals surface area contributed by atoms with Gasteiger partial charge in [0.25, 0.3) is 0 Å². The molecule has 2 N–H and O–H groups in total. The first-order valence-corrected chi connectivity index (χ1v) is 6.53. The highest BCUT2D eigenvalue weighted by Gasteiger charge is 2.16. The van der Waals surface area contributed by atoms with E-state index in [1.165, 1.54) is 6.07 Å². The average Bonchev–Trinajstić information content (AvgIpc) is 2.45. The summed E-state index contributed by atoms with van der Waals surface area (Å²) >= 11 is 0. The van der Waals surface area contributed by atoms with E-state index in [0.717, 1.165) is 11.6 Å². The van der Waals surface area contributed by atoms with Gasteiger partial charge in [-0.25, -0.2) is 8.78 Å². The predicted molar refractivity (Wildman–Crippen MR) is 74.6 cm³/mol. The molecular weight excluding hydrogens is 260 g/mol. The van der Waals surface area contributed by atoms with Crippen LogP contribution in [0.15, 0.2) is 42.5 Å². The Balaban J connectivity index is 2.24. The zero-order chi connectivity index (χ0) is 14.5. The fourth-order valence-electron chi connectivity index (χ4n) is 2.13. The number of ether oxygens (including phenoxy) is 1. The van der Waals surface area contributed by atoms with E-state index in [9.17, 15) is 8.78 Å². The molecule has 0 saturated heterocycles. The van der Waals surface area contributed by atoms with Crippen molar-refractivity contribution in [2.75, 3.05) is 6.61 Å². The van der Waals surface area contributed by atoms with Crippen molar-refractivity contribution >= 4 is 0 Å². The highest BCUT2D eigenvalue weighted by molar-refractivity contribution is 5.37. The van der Waals surface area contributed by atoms with Gasteiger partial charge in [0.05, 0.1) is 6.61 Å². The summed E-state index contributed by atoms with van der Waals surface area (Å²) in [6.45, 7) is 2.41. The normalized spacial score (nSPS) is 12.2. The standard InChI is InChI=1S/C16H17F2NO/c1-2-20-15-9-4-3-7-12(15)14(19)10-11-6-5-8-13(17)16(11)18/h3-9,14H,2,10,19H2,1H3. The second-order valence-corrected chi connectivity index (χ2v) is 4.49. The van der Waals surface area contributed by atoms with Gasteiger partial charge in [0.1, 0.15) is 5.75 Å². The van der Waals surface area contributed by atoms with E-state index in [-0.39, 0.29) is 12.0 Å². The van der Waals surface area contributed by atoms with Gasteiger partial charge in [-0.3, -0.25) is 0 Å². The molecule has 0 aliphatic rings. The third-order valence-electron chi connectivity index (χ3n) is 3.09. The highest BCUT2D eigenvalue weighted by atomic mass is 19.2. The van der Waals surface area contributed by atoms with Gasteiger partial charge in [-0.15, -0.1) is 0 Å². The molecule has 20 heavy (non-hydrogen) atoms. The molecule has 0 aromatic heterocycles. The number of para-hydroxylation sites is 1. The summed E-state index contributed by atoms with van der Waals surface area (Å²) in [5.74, 6) is -1.01. The lowest BCUT2D eigenvalue weighted by atomic mass is 9.98. The zero-order valence-corrected chi connectivity index (χ0v) is 11.3. The summed E-state index contributed by atoms with van der Waals surface area (Å²) in [6.07, 6.45) is 0.216. The lowest BCUT2D eigenvalue weighted by Gasteiger charge is -2.17. The van der Waals surface area contributed by atoms with E-state index in [1.807, 2.05) is 31.2 Å². The highest BCUT2D eigenvalue weighted by Crippen LogP contribution is 2.27. The van der Waals surface area contributed by atoms with Crippen LogP contribution in [0.1, 0.15) is 24.1 Å². The fraction of sp³-hybridized carbons (Fsp3) is 0.250. The van der Waals surface area contributed by atoms with E-state index in [1.54, 1.807) is 6.07 Å². The fourth-order valence-corrected chi connectivity index (χ4v) is 2.13. The Bertz CT molecular complexity index is 586.